The highest BCUT2D eigenvalue weighted by Crippen LogP contribution is 2.52. The highest BCUT2D eigenvalue weighted by atomic mass is 35.5. The van der Waals surface area contributed by atoms with Crippen LogP contribution < -0.4 is 5.32 Å². The topological polar surface area (TPSA) is 38.3 Å². The fourth-order valence-corrected chi connectivity index (χ4v) is 4.41. The molecule has 0 amide bonds. The number of allylic oxidation sites excluding steroid dienone is 2. The molecule has 0 saturated heterocycles. The number of hydrogen-bond acceptors (Lipinski definition) is 3. The Morgan fingerprint density at radius 1 is 1.24 bits per heavy atom. The first-order chi connectivity index (χ1) is 12.1. The van der Waals surface area contributed by atoms with Crippen LogP contribution in [0.15, 0.2) is 48.6 Å². The molecule has 0 spiro atoms. The lowest BCUT2D eigenvalue weighted by Gasteiger charge is -2.38. The molecule has 0 bridgehead atoms. The minimum absolute atomic E-state index is 0.0802. The van der Waals surface area contributed by atoms with Crippen molar-refractivity contribution < 1.29 is 9.53 Å². The fraction of sp³-hybridized carbons (Fsp3) is 0.250. The summed E-state index contributed by atoms with van der Waals surface area (Å²) in [6.45, 7) is 0. The molecule has 0 fully saturated rings. The van der Waals surface area contributed by atoms with Crippen LogP contribution in [0.3, 0.4) is 0 Å². The zero-order chi connectivity index (χ0) is 17.6. The predicted molar refractivity (Wildman–Crippen MR) is 101 cm³/mol. The zero-order valence-corrected chi connectivity index (χ0v) is 15.1. The minimum atomic E-state index is -0.338. The van der Waals surface area contributed by atoms with Crippen molar-refractivity contribution in [3.8, 4) is 0 Å². The van der Waals surface area contributed by atoms with Crippen molar-refractivity contribution in [2.45, 2.75) is 18.4 Å². The molecule has 1 aliphatic carbocycles. The van der Waals surface area contributed by atoms with Crippen LogP contribution in [0.25, 0.3) is 0 Å². The second-order valence-electron chi connectivity index (χ2n) is 6.41. The van der Waals surface area contributed by atoms with Crippen molar-refractivity contribution in [3.05, 3.63) is 75.3 Å². The number of fused-ring (bicyclic) bond motifs is 3. The van der Waals surface area contributed by atoms with Gasteiger partial charge in [-0.1, -0.05) is 47.5 Å². The van der Waals surface area contributed by atoms with Crippen LogP contribution in [-0.2, 0) is 4.74 Å². The lowest BCUT2D eigenvalue weighted by molar-refractivity contribution is 0.0598. The van der Waals surface area contributed by atoms with E-state index in [0.29, 0.717) is 21.5 Å². The molecule has 3 atom stereocenters. The van der Waals surface area contributed by atoms with Gasteiger partial charge in [0.15, 0.2) is 0 Å². The van der Waals surface area contributed by atoms with Gasteiger partial charge in [0.05, 0.1) is 29.4 Å². The van der Waals surface area contributed by atoms with E-state index in [4.69, 9.17) is 27.9 Å². The number of hydrogen-bond donors (Lipinski definition) is 1. The van der Waals surface area contributed by atoms with E-state index in [9.17, 15) is 4.79 Å². The van der Waals surface area contributed by atoms with Gasteiger partial charge in [-0.05, 0) is 47.7 Å². The number of carbonyl (C=O) groups is 1. The molecule has 4 rings (SSSR count). The number of benzene rings is 2. The third-order valence-corrected chi connectivity index (χ3v) is 5.63. The van der Waals surface area contributed by atoms with Crippen LogP contribution in [0, 0.1) is 5.92 Å². The van der Waals surface area contributed by atoms with Crippen LogP contribution in [0.1, 0.15) is 39.9 Å². The summed E-state index contributed by atoms with van der Waals surface area (Å²) >= 11 is 12.7. The Balaban J connectivity index is 1.87. The van der Waals surface area contributed by atoms with Crippen LogP contribution in [0.4, 0.5) is 5.69 Å². The number of methoxy groups -OCH3 is 1. The van der Waals surface area contributed by atoms with Crippen molar-refractivity contribution in [3.63, 3.8) is 0 Å². The lowest BCUT2D eigenvalue weighted by atomic mass is 9.75. The van der Waals surface area contributed by atoms with Gasteiger partial charge in [0.25, 0.3) is 0 Å². The highest BCUT2D eigenvalue weighted by Gasteiger charge is 2.41. The van der Waals surface area contributed by atoms with Crippen LogP contribution in [0.5, 0.6) is 0 Å². The number of halogens is 2. The third-order valence-electron chi connectivity index (χ3n) is 5.08. The Hall–Kier alpha value is -1.97. The molecular weight excluding hydrogens is 357 g/mol. The van der Waals surface area contributed by atoms with E-state index in [1.54, 1.807) is 12.1 Å². The quantitative estimate of drug-likeness (QED) is 0.549. The number of nitrogens with one attached hydrogen (secondary N) is 1. The molecule has 1 aliphatic heterocycles. The van der Waals surface area contributed by atoms with E-state index in [-0.39, 0.29) is 17.9 Å². The normalized spacial score (nSPS) is 23.6. The molecule has 0 saturated carbocycles. The van der Waals surface area contributed by atoms with Crippen molar-refractivity contribution in [2.24, 2.45) is 5.92 Å². The van der Waals surface area contributed by atoms with Crippen molar-refractivity contribution in [1.29, 1.82) is 0 Å². The average molecular weight is 374 g/mol. The number of esters is 1. The van der Waals surface area contributed by atoms with Gasteiger partial charge in [-0.15, -0.1) is 0 Å². The summed E-state index contributed by atoms with van der Waals surface area (Å²) in [5.74, 6) is 0.0795. The lowest BCUT2D eigenvalue weighted by Crippen LogP contribution is -2.30. The van der Waals surface area contributed by atoms with Gasteiger partial charge in [-0.2, -0.15) is 0 Å². The van der Waals surface area contributed by atoms with Crippen molar-refractivity contribution >= 4 is 34.9 Å². The van der Waals surface area contributed by atoms with Crippen LogP contribution in [-0.4, -0.2) is 13.1 Å². The van der Waals surface area contributed by atoms with Gasteiger partial charge in [-0.25, -0.2) is 4.79 Å². The maximum atomic E-state index is 12.2. The Morgan fingerprint density at radius 2 is 2.08 bits per heavy atom. The van der Waals surface area contributed by atoms with E-state index in [0.717, 1.165) is 23.2 Å². The standard InChI is InChI=1S/C20H17Cl2NO2/c1-25-20(24)15-8-9-16(22)19-17(15)13-6-3-7-14(13)18(23-19)11-4-2-5-12(21)10-11/h2-6,8-10,13-14,18,23H,7H2,1H3/t13-,14+,18+/m1/s1. The Kier molecular flexibility index (Phi) is 4.22. The molecule has 1 N–H and O–H groups in total. The molecule has 0 radical (unpaired) electrons. The zero-order valence-electron chi connectivity index (χ0n) is 13.6. The van der Waals surface area contributed by atoms with Crippen LogP contribution >= 0.6 is 23.2 Å². The average Bonchev–Trinajstić information content (AvgIpc) is 3.10. The summed E-state index contributed by atoms with van der Waals surface area (Å²) < 4.78 is 4.97. The largest absolute Gasteiger partial charge is 0.465 e. The Morgan fingerprint density at radius 3 is 2.84 bits per heavy atom. The Bertz CT molecular complexity index is 878. The van der Waals surface area contributed by atoms with Crippen LogP contribution in [0.2, 0.25) is 10.0 Å². The molecule has 2 aromatic carbocycles. The number of anilines is 1. The molecule has 1 heterocycles. The number of carbonyl (C=O) groups excluding carboxylic acids is 1. The predicted octanol–water partition coefficient (Wildman–Crippen LogP) is 5.61. The first-order valence-corrected chi connectivity index (χ1v) is 8.95. The second-order valence-corrected chi connectivity index (χ2v) is 7.25. The molecule has 128 valence electrons. The first-order valence-electron chi connectivity index (χ1n) is 8.19. The Labute approximate surface area is 156 Å². The van der Waals surface area contributed by atoms with Gasteiger partial charge in [0.2, 0.25) is 0 Å². The number of rotatable bonds is 2. The van der Waals surface area contributed by atoms with Gasteiger partial charge < -0.3 is 10.1 Å². The molecule has 25 heavy (non-hydrogen) atoms. The van der Waals surface area contributed by atoms with Gasteiger partial charge in [-0.3, -0.25) is 0 Å². The molecule has 3 nitrogen and oxygen atoms in total. The second kappa shape index (κ2) is 6.40. The third kappa shape index (κ3) is 2.72. The first kappa shape index (κ1) is 16.5. The smallest absolute Gasteiger partial charge is 0.338 e. The minimum Gasteiger partial charge on any atom is -0.465 e. The summed E-state index contributed by atoms with van der Waals surface area (Å²) in [5, 5.41) is 4.88. The SMILES string of the molecule is COC(=O)c1ccc(Cl)c2c1[C@@H]1C=CC[C@@H]1[C@H](c1cccc(Cl)c1)N2. The van der Waals surface area contributed by atoms with Crippen molar-refractivity contribution in [1.82, 2.24) is 0 Å². The maximum absolute atomic E-state index is 12.2. The van der Waals surface area contributed by atoms with Gasteiger partial charge >= 0.3 is 5.97 Å². The summed E-state index contributed by atoms with van der Waals surface area (Å²) in [5.41, 5.74) is 3.43. The summed E-state index contributed by atoms with van der Waals surface area (Å²) in [6.07, 6.45) is 5.28. The van der Waals surface area contributed by atoms with E-state index in [1.165, 1.54) is 7.11 Å². The highest BCUT2D eigenvalue weighted by molar-refractivity contribution is 6.33. The molecule has 2 aromatic rings. The molecule has 5 heteroatoms. The molecular formula is C20H17Cl2NO2. The molecule has 2 aliphatic rings. The maximum Gasteiger partial charge on any atom is 0.338 e. The van der Waals surface area contributed by atoms with E-state index >= 15 is 0 Å². The fourth-order valence-electron chi connectivity index (χ4n) is 3.99. The van der Waals surface area contributed by atoms with E-state index in [2.05, 4.69) is 23.5 Å². The van der Waals surface area contributed by atoms with Crippen molar-refractivity contribution in [2.75, 3.05) is 12.4 Å². The van der Waals surface area contributed by atoms with E-state index in [1.807, 2.05) is 18.2 Å². The van der Waals surface area contributed by atoms with Gasteiger partial charge in [0, 0.05) is 10.9 Å². The molecule has 0 unspecified atom stereocenters. The molecule has 0 aromatic heterocycles. The summed E-state index contributed by atoms with van der Waals surface area (Å²) in [4.78, 5) is 12.2. The monoisotopic (exact) mass is 373 g/mol. The number of ether oxygens (including phenoxy) is 1. The van der Waals surface area contributed by atoms with Gasteiger partial charge in [0.1, 0.15) is 0 Å². The summed E-state index contributed by atoms with van der Waals surface area (Å²) in [7, 11) is 1.40. The van der Waals surface area contributed by atoms with E-state index < -0.39 is 0 Å². The summed E-state index contributed by atoms with van der Waals surface area (Å²) in [6, 6.07) is 11.5.